The summed E-state index contributed by atoms with van der Waals surface area (Å²) in [5, 5.41) is 1.58. The predicted octanol–water partition coefficient (Wildman–Crippen LogP) is 13.3. The molecular weight excluding hydrogens is 665 g/mol. The second-order valence-corrected chi connectivity index (χ2v) is 14.4. The molecule has 13 rings (SSSR count). The second kappa shape index (κ2) is 10.4. The first-order valence-corrected chi connectivity index (χ1v) is 18.1. The summed E-state index contributed by atoms with van der Waals surface area (Å²) in [5.74, 6) is -0.571. The van der Waals surface area contributed by atoms with Gasteiger partial charge in [0.25, 0.3) is 0 Å². The predicted molar refractivity (Wildman–Crippen MR) is 223 cm³/mol. The van der Waals surface area contributed by atoms with Crippen molar-refractivity contribution in [3.8, 4) is 56.0 Å². The van der Waals surface area contributed by atoms with Crippen molar-refractivity contribution >= 4 is 10.8 Å². The van der Waals surface area contributed by atoms with Gasteiger partial charge in [-0.1, -0.05) is 170 Å². The molecule has 0 aromatic heterocycles. The highest BCUT2D eigenvalue weighted by Crippen LogP contribution is 2.64. The van der Waals surface area contributed by atoms with E-state index in [0.717, 1.165) is 21.9 Å². The minimum atomic E-state index is -1.76. The summed E-state index contributed by atoms with van der Waals surface area (Å²) in [6.45, 7) is 0. The first-order valence-electron chi connectivity index (χ1n) is 25.1. The second-order valence-electron chi connectivity index (χ2n) is 14.4. The van der Waals surface area contributed by atoms with Crippen molar-refractivity contribution in [2.75, 3.05) is 0 Å². The van der Waals surface area contributed by atoms with Crippen molar-refractivity contribution in [2.24, 2.45) is 0 Å². The zero-order valence-electron chi connectivity index (χ0n) is 42.8. The van der Waals surface area contributed by atoms with E-state index in [1.165, 1.54) is 0 Å². The zero-order chi connectivity index (χ0) is 48.1. The van der Waals surface area contributed by atoms with Gasteiger partial charge in [0.15, 0.2) is 0 Å². The van der Waals surface area contributed by atoms with Gasteiger partial charge in [0.2, 0.25) is 0 Å². The molecule has 1 heteroatoms. The van der Waals surface area contributed by atoms with Crippen LogP contribution in [0.25, 0.3) is 55.3 Å². The molecule has 0 amide bonds. The summed E-state index contributed by atoms with van der Waals surface area (Å²) >= 11 is 0. The van der Waals surface area contributed by atoms with E-state index in [4.69, 9.17) is 11.6 Å². The molecule has 9 aromatic carbocycles. The quantitative estimate of drug-likeness (QED) is 0.165. The standard InChI is InChI=1S/C54H32O/c1-5-20-42-36(15-1)37-16-2-6-21-43(37)53(42)46-24-9-10-26-50(46)55-51-30-28-35(32-49(51)53)34-27-29-40-38-17-3-7-22-44(38)54(48(40)31-34)45-23-8-4-18-39(45)41-19-11-13-33-14-12-25-47(54)52(33)41/h1-32H/i3D,7D,9D,10D,17D,22D,24D,26D,27D,28D,29D,30D,31D,32D. The van der Waals surface area contributed by atoms with Crippen LogP contribution in [-0.2, 0) is 10.8 Å². The Morgan fingerprint density at radius 1 is 0.345 bits per heavy atom. The molecule has 0 bridgehead atoms. The third-order valence-electron chi connectivity index (χ3n) is 12.0. The van der Waals surface area contributed by atoms with Crippen molar-refractivity contribution in [1.82, 2.24) is 0 Å². The van der Waals surface area contributed by atoms with E-state index in [9.17, 15) is 12.3 Å². The van der Waals surface area contributed by atoms with E-state index >= 15 is 0 Å². The van der Waals surface area contributed by atoms with Crippen LogP contribution in [0.5, 0.6) is 11.5 Å². The maximum atomic E-state index is 10.6. The third kappa shape index (κ3) is 3.46. The molecule has 9 aromatic rings. The van der Waals surface area contributed by atoms with E-state index in [-0.39, 0.29) is 62.0 Å². The normalized spacial score (nSPS) is 20.3. The molecule has 0 N–H and O–H groups in total. The summed E-state index contributed by atoms with van der Waals surface area (Å²) in [6, 6.07) is 26.3. The smallest absolute Gasteiger partial charge is 0.132 e. The van der Waals surface area contributed by atoms with E-state index in [2.05, 4.69) is 0 Å². The van der Waals surface area contributed by atoms with Crippen LogP contribution in [0.15, 0.2) is 194 Å². The van der Waals surface area contributed by atoms with Gasteiger partial charge in [0, 0.05) is 11.1 Å². The molecule has 254 valence electrons. The molecule has 1 unspecified atom stereocenters. The molecule has 1 heterocycles. The van der Waals surface area contributed by atoms with Crippen LogP contribution >= 0.6 is 0 Å². The van der Waals surface area contributed by atoms with Gasteiger partial charge in [-0.05, 0) is 113 Å². The monoisotopic (exact) mass is 710 g/mol. The van der Waals surface area contributed by atoms with Crippen LogP contribution in [0, 0.1) is 0 Å². The van der Waals surface area contributed by atoms with Gasteiger partial charge in [0.05, 0.1) is 30.0 Å². The highest BCUT2D eigenvalue weighted by Gasteiger charge is 2.52. The van der Waals surface area contributed by atoms with Crippen LogP contribution in [0.3, 0.4) is 0 Å². The molecule has 1 atom stereocenters. The Bertz CT molecular complexity index is 3900. The summed E-state index contributed by atoms with van der Waals surface area (Å²) < 4.78 is 140. The minimum Gasteiger partial charge on any atom is -0.457 e. The fourth-order valence-corrected chi connectivity index (χ4v) is 10.0. The molecule has 1 nitrogen and oxygen atoms in total. The molecular formula is C54H32O. The molecule has 0 fully saturated rings. The maximum absolute atomic E-state index is 10.6. The molecule has 0 saturated carbocycles. The number of para-hydroxylation sites is 1. The SMILES string of the molecule is [2H]c1c([2H])c([2H])c2c(c1[2H])Oc1c([2H])c([2H])c(-c3c([2H])c([2H])c4c(c3[2H])C3(c5ccccc5-c5cccc6cccc3c56)c3c([2H])c([2H])c([2H])c([2H])c3-4)c([2H])c1C21c2ccccc2-c2ccccc21. The molecule has 3 aliphatic carbocycles. The average Bonchev–Trinajstić information content (AvgIpc) is 3.84. The lowest BCUT2D eigenvalue weighted by atomic mass is 9.61. The van der Waals surface area contributed by atoms with Gasteiger partial charge in [0.1, 0.15) is 11.5 Å². The van der Waals surface area contributed by atoms with Gasteiger partial charge in [-0.3, -0.25) is 0 Å². The lowest BCUT2D eigenvalue weighted by Crippen LogP contribution is -2.32. The first kappa shape index (κ1) is 19.4. The van der Waals surface area contributed by atoms with Crippen LogP contribution in [0.4, 0.5) is 0 Å². The van der Waals surface area contributed by atoms with Gasteiger partial charge in [-0.15, -0.1) is 0 Å². The average molecular weight is 711 g/mol. The molecule has 55 heavy (non-hydrogen) atoms. The molecule has 1 aliphatic heterocycles. The zero-order valence-corrected chi connectivity index (χ0v) is 28.8. The summed E-state index contributed by atoms with van der Waals surface area (Å²) in [5.41, 5.74) is 1.02. The highest BCUT2D eigenvalue weighted by molar-refractivity contribution is 6.07. The number of benzene rings is 9. The van der Waals surface area contributed by atoms with E-state index < -0.39 is 89.4 Å². The Labute approximate surface area is 339 Å². The Morgan fingerprint density at radius 2 is 0.855 bits per heavy atom. The minimum absolute atomic E-state index is 0.00868. The number of hydrogen-bond donors (Lipinski definition) is 0. The number of rotatable bonds is 1. The number of fused-ring (bicyclic) bond motifs is 18. The lowest BCUT2D eigenvalue weighted by molar-refractivity contribution is 0.436. The Morgan fingerprint density at radius 3 is 1.60 bits per heavy atom. The summed E-state index contributed by atoms with van der Waals surface area (Å²) in [4.78, 5) is 0. The lowest BCUT2D eigenvalue weighted by Gasteiger charge is -2.40. The fraction of sp³-hybridized carbons (Fsp3) is 0.0370. The van der Waals surface area contributed by atoms with Crippen molar-refractivity contribution < 1.29 is 23.9 Å². The Kier molecular flexibility index (Phi) is 3.66. The van der Waals surface area contributed by atoms with Crippen LogP contribution in [0.2, 0.25) is 0 Å². The van der Waals surface area contributed by atoms with Crippen molar-refractivity contribution in [3.63, 3.8) is 0 Å². The maximum Gasteiger partial charge on any atom is 0.132 e. The van der Waals surface area contributed by atoms with Crippen molar-refractivity contribution in [2.45, 2.75) is 10.8 Å². The topological polar surface area (TPSA) is 9.23 Å². The van der Waals surface area contributed by atoms with Crippen LogP contribution in [-0.4, -0.2) is 0 Å². The molecule has 4 aliphatic rings. The molecule has 2 spiro atoms. The third-order valence-corrected chi connectivity index (χ3v) is 12.0. The van der Waals surface area contributed by atoms with E-state index in [0.29, 0.717) is 33.4 Å². The van der Waals surface area contributed by atoms with Crippen LogP contribution < -0.4 is 4.74 Å². The number of ether oxygens (including phenoxy) is 1. The highest BCUT2D eigenvalue weighted by atomic mass is 16.5. The van der Waals surface area contributed by atoms with Gasteiger partial charge in [-0.25, -0.2) is 0 Å². The summed E-state index contributed by atoms with van der Waals surface area (Å²) in [7, 11) is 0. The van der Waals surface area contributed by atoms with Crippen molar-refractivity contribution in [3.05, 3.63) is 238 Å². The Balaban J connectivity index is 1.23. The van der Waals surface area contributed by atoms with E-state index in [1.54, 1.807) is 24.3 Å². The molecule has 0 radical (unpaired) electrons. The van der Waals surface area contributed by atoms with Crippen molar-refractivity contribution in [1.29, 1.82) is 0 Å². The Hall–Kier alpha value is -6.96. The largest absolute Gasteiger partial charge is 0.457 e. The number of hydrogen-bond acceptors (Lipinski definition) is 1. The van der Waals surface area contributed by atoms with Crippen LogP contribution in [0.1, 0.15) is 63.7 Å². The van der Waals surface area contributed by atoms with Gasteiger partial charge in [-0.2, -0.15) is 0 Å². The van der Waals surface area contributed by atoms with E-state index in [1.807, 2.05) is 84.9 Å². The van der Waals surface area contributed by atoms with Gasteiger partial charge < -0.3 is 4.74 Å². The molecule has 0 saturated heterocycles. The van der Waals surface area contributed by atoms with Gasteiger partial charge >= 0.3 is 0 Å². The fourth-order valence-electron chi connectivity index (χ4n) is 10.0. The summed E-state index contributed by atoms with van der Waals surface area (Å²) in [6.07, 6.45) is 0. The first-order chi connectivity index (χ1) is 33.1.